The average molecular weight is 228 g/mol. The van der Waals surface area contributed by atoms with Crippen LogP contribution in [-0.4, -0.2) is 19.1 Å². The third-order valence-electron chi connectivity index (χ3n) is 2.61. The fraction of sp³-hybridized carbons (Fsp3) is 0.154. The van der Waals surface area contributed by atoms with Crippen LogP contribution in [0.1, 0.15) is 0 Å². The van der Waals surface area contributed by atoms with Crippen LogP contribution in [0.2, 0.25) is 0 Å². The maximum atomic E-state index is 5.95. The molecule has 17 heavy (non-hydrogen) atoms. The van der Waals surface area contributed by atoms with E-state index >= 15 is 0 Å². The molecule has 0 atom stereocenters. The average Bonchev–Trinajstić information content (AvgIpc) is 2.29. The van der Waals surface area contributed by atoms with Gasteiger partial charge in [-0.15, -0.1) is 0 Å². The molecule has 0 amide bonds. The Bertz CT molecular complexity index is 535. The summed E-state index contributed by atoms with van der Waals surface area (Å²) >= 11 is 0. The van der Waals surface area contributed by atoms with Crippen molar-refractivity contribution in [2.75, 3.05) is 30.5 Å². The van der Waals surface area contributed by atoms with Crippen LogP contribution >= 0.6 is 0 Å². The Balaban J connectivity index is 2.49. The van der Waals surface area contributed by atoms with E-state index in [9.17, 15) is 0 Å². The van der Waals surface area contributed by atoms with E-state index in [1.165, 1.54) is 0 Å². The van der Waals surface area contributed by atoms with Gasteiger partial charge >= 0.3 is 0 Å². The monoisotopic (exact) mass is 228 g/mol. The summed E-state index contributed by atoms with van der Waals surface area (Å²) in [4.78, 5) is 6.36. The van der Waals surface area contributed by atoms with E-state index in [0.29, 0.717) is 11.4 Å². The first-order chi connectivity index (χ1) is 8.08. The minimum atomic E-state index is 0.647. The van der Waals surface area contributed by atoms with Crippen LogP contribution in [0.5, 0.6) is 0 Å². The molecule has 0 saturated heterocycles. The maximum absolute atomic E-state index is 5.95. The Hall–Kier alpha value is -2.23. The van der Waals surface area contributed by atoms with Crippen LogP contribution in [0.3, 0.4) is 0 Å². The molecule has 4 heteroatoms. The first-order valence-electron chi connectivity index (χ1n) is 5.36. The molecule has 0 aliphatic heterocycles. The summed E-state index contributed by atoms with van der Waals surface area (Å²) in [5.74, 6) is 0. The number of rotatable bonds is 2. The summed E-state index contributed by atoms with van der Waals surface area (Å²) in [7, 11) is 3.98. The van der Waals surface area contributed by atoms with Crippen molar-refractivity contribution in [2.24, 2.45) is 0 Å². The molecule has 4 N–H and O–H groups in total. The molecule has 0 radical (unpaired) electrons. The summed E-state index contributed by atoms with van der Waals surface area (Å²) < 4.78 is 0. The molecule has 0 fully saturated rings. The molecule has 2 rings (SSSR count). The predicted octanol–water partition coefficient (Wildman–Crippen LogP) is 1.98. The van der Waals surface area contributed by atoms with E-state index in [1.54, 1.807) is 12.3 Å². The van der Waals surface area contributed by atoms with Gasteiger partial charge in [0.2, 0.25) is 0 Å². The highest BCUT2D eigenvalue weighted by Crippen LogP contribution is 2.27. The van der Waals surface area contributed by atoms with Gasteiger partial charge in [0.15, 0.2) is 0 Å². The highest BCUT2D eigenvalue weighted by atomic mass is 15.1. The van der Waals surface area contributed by atoms with Crippen molar-refractivity contribution in [1.29, 1.82) is 0 Å². The van der Waals surface area contributed by atoms with Crippen molar-refractivity contribution in [1.82, 2.24) is 4.98 Å². The largest absolute Gasteiger partial charge is 0.399 e. The summed E-state index contributed by atoms with van der Waals surface area (Å²) in [6.07, 6.45) is 1.78. The molecule has 0 bridgehead atoms. The smallest absolute Gasteiger partial charge is 0.0743 e. The second-order valence-electron chi connectivity index (χ2n) is 4.14. The van der Waals surface area contributed by atoms with E-state index in [2.05, 4.69) is 4.98 Å². The number of pyridine rings is 1. The highest BCUT2D eigenvalue weighted by molar-refractivity contribution is 5.78. The number of anilines is 3. The standard InChI is InChI=1S/C13H16N4/c1-17(2)10-5-6-16-13(8-10)11-4-3-9(14)7-12(11)15/h3-8H,14-15H2,1-2H3. The van der Waals surface area contributed by atoms with E-state index in [4.69, 9.17) is 11.5 Å². The molecule has 1 aromatic carbocycles. The SMILES string of the molecule is CN(C)c1ccnc(-c2ccc(N)cc2N)c1. The minimum Gasteiger partial charge on any atom is -0.399 e. The van der Waals surface area contributed by atoms with Crippen molar-refractivity contribution in [3.05, 3.63) is 36.5 Å². The van der Waals surface area contributed by atoms with Crippen molar-refractivity contribution in [3.63, 3.8) is 0 Å². The van der Waals surface area contributed by atoms with Crippen molar-refractivity contribution in [3.8, 4) is 11.3 Å². The summed E-state index contributed by atoms with van der Waals surface area (Å²) in [5.41, 5.74) is 15.8. The molecule has 2 aromatic rings. The van der Waals surface area contributed by atoms with E-state index in [1.807, 2.05) is 43.3 Å². The lowest BCUT2D eigenvalue weighted by atomic mass is 10.1. The second kappa shape index (κ2) is 4.33. The molecule has 0 saturated carbocycles. The zero-order valence-corrected chi connectivity index (χ0v) is 10.0. The first kappa shape index (κ1) is 11.3. The first-order valence-corrected chi connectivity index (χ1v) is 5.36. The fourth-order valence-corrected chi connectivity index (χ4v) is 1.66. The van der Waals surface area contributed by atoms with Crippen LogP contribution in [0.4, 0.5) is 17.1 Å². The maximum Gasteiger partial charge on any atom is 0.0743 e. The fourth-order valence-electron chi connectivity index (χ4n) is 1.66. The Morgan fingerprint density at radius 2 is 1.82 bits per heavy atom. The second-order valence-corrected chi connectivity index (χ2v) is 4.14. The third-order valence-corrected chi connectivity index (χ3v) is 2.61. The van der Waals surface area contributed by atoms with Gasteiger partial charge in [0.25, 0.3) is 0 Å². The van der Waals surface area contributed by atoms with Crippen molar-refractivity contribution >= 4 is 17.1 Å². The lowest BCUT2D eigenvalue weighted by Gasteiger charge is -2.13. The topological polar surface area (TPSA) is 68.2 Å². The van der Waals surface area contributed by atoms with Gasteiger partial charge in [0.1, 0.15) is 0 Å². The molecule has 4 nitrogen and oxygen atoms in total. The minimum absolute atomic E-state index is 0.647. The Labute approximate surface area is 101 Å². The summed E-state index contributed by atoms with van der Waals surface area (Å²) in [5, 5.41) is 0. The van der Waals surface area contributed by atoms with Gasteiger partial charge in [-0.05, 0) is 30.3 Å². The van der Waals surface area contributed by atoms with E-state index in [0.717, 1.165) is 16.9 Å². The number of hydrogen-bond acceptors (Lipinski definition) is 4. The zero-order valence-electron chi connectivity index (χ0n) is 10.0. The Kier molecular flexibility index (Phi) is 2.87. The van der Waals surface area contributed by atoms with Crippen LogP contribution in [0.25, 0.3) is 11.3 Å². The number of nitrogens with two attached hydrogens (primary N) is 2. The highest BCUT2D eigenvalue weighted by Gasteiger charge is 2.05. The lowest BCUT2D eigenvalue weighted by molar-refractivity contribution is 1.12. The predicted molar refractivity (Wildman–Crippen MR) is 72.8 cm³/mol. The molecule has 0 unspecified atom stereocenters. The molecular weight excluding hydrogens is 212 g/mol. The molecule has 88 valence electrons. The molecule has 0 aliphatic rings. The summed E-state index contributed by atoms with van der Waals surface area (Å²) in [6.45, 7) is 0. The molecule has 1 aromatic heterocycles. The van der Waals surface area contributed by atoms with Crippen molar-refractivity contribution in [2.45, 2.75) is 0 Å². The van der Waals surface area contributed by atoms with Gasteiger partial charge in [0, 0.05) is 42.9 Å². The van der Waals surface area contributed by atoms with Gasteiger partial charge in [-0.2, -0.15) is 0 Å². The van der Waals surface area contributed by atoms with Gasteiger partial charge < -0.3 is 16.4 Å². The number of hydrogen-bond donors (Lipinski definition) is 2. The molecular formula is C13H16N4. The lowest BCUT2D eigenvalue weighted by Crippen LogP contribution is -2.08. The van der Waals surface area contributed by atoms with Crippen LogP contribution < -0.4 is 16.4 Å². The van der Waals surface area contributed by atoms with Gasteiger partial charge in [-0.3, -0.25) is 4.98 Å². The number of nitrogen functional groups attached to an aromatic ring is 2. The number of nitrogens with zero attached hydrogens (tertiary/aromatic N) is 2. The van der Waals surface area contributed by atoms with E-state index in [-0.39, 0.29) is 0 Å². The van der Waals surface area contributed by atoms with Crippen LogP contribution in [0, 0.1) is 0 Å². The zero-order chi connectivity index (χ0) is 12.4. The van der Waals surface area contributed by atoms with Gasteiger partial charge in [-0.1, -0.05) is 0 Å². The quantitative estimate of drug-likeness (QED) is 0.771. The molecule has 1 heterocycles. The van der Waals surface area contributed by atoms with Crippen molar-refractivity contribution < 1.29 is 0 Å². The normalized spacial score (nSPS) is 10.2. The van der Waals surface area contributed by atoms with E-state index < -0.39 is 0 Å². The summed E-state index contributed by atoms with van der Waals surface area (Å²) in [6, 6.07) is 9.43. The van der Waals surface area contributed by atoms with Crippen LogP contribution in [-0.2, 0) is 0 Å². The molecule has 0 spiro atoms. The third kappa shape index (κ3) is 2.30. The molecule has 0 aliphatic carbocycles. The number of aromatic nitrogens is 1. The number of benzene rings is 1. The van der Waals surface area contributed by atoms with Gasteiger partial charge in [0.05, 0.1) is 5.69 Å². The van der Waals surface area contributed by atoms with Crippen LogP contribution in [0.15, 0.2) is 36.5 Å². The Morgan fingerprint density at radius 3 is 2.47 bits per heavy atom. The Morgan fingerprint density at radius 1 is 1.06 bits per heavy atom. The van der Waals surface area contributed by atoms with Gasteiger partial charge in [-0.25, -0.2) is 0 Å².